The van der Waals surface area contributed by atoms with Crippen LogP contribution >= 0.6 is 22.6 Å². The molecule has 4 nitrogen and oxygen atoms in total. The van der Waals surface area contributed by atoms with Gasteiger partial charge in [-0.1, -0.05) is 0 Å². The topological polar surface area (TPSA) is 76.2 Å². The van der Waals surface area contributed by atoms with Crippen molar-refractivity contribution in [2.45, 2.75) is 0 Å². The van der Waals surface area contributed by atoms with E-state index in [1.807, 2.05) is 22.6 Å². The van der Waals surface area contributed by atoms with E-state index in [0.717, 1.165) is 0 Å². The molecular formula is C6H5IN2O2. The predicted octanol–water partition coefficient (Wildman–Crippen LogP) is 0.967. The molecule has 3 N–H and O–H groups in total. The van der Waals surface area contributed by atoms with E-state index in [9.17, 15) is 4.79 Å². The average Bonchev–Trinajstić information content (AvgIpc) is 1.85. The van der Waals surface area contributed by atoms with Crippen LogP contribution in [0.15, 0.2) is 12.3 Å². The molecule has 0 spiro atoms. The maximum Gasteiger partial charge on any atom is 0.340 e. The minimum Gasteiger partial charge on any atom is -0.478 e. The van der Waals surface area contributed by atoms with Crippen molar-refractivity contribution in [1.29, 1.82) is 0 Å². The van der Waals surface area contributed by atoms with E-state index < -0.39 is 5.97 Å². The molecule has 0 radical (unpaired) electrons. The second-order valence-electron chi connectivity index (χ2n) is 1.86. The molecule has 1 aromatic rings. The number of nitrogens with zero attached hydrogens (tertiary/aromatic N) is 1. The molecule has 58 valence electrons. The van der Waals surface area contributed by atoms with E-state index in [1.54, 1.807) is 6.07 Å². The summed E-state index contributed by atoms with van der Waals surface area (Å²) in [7, 11) is 0. The van der Waals surface area contributed by atoms with Crippen molar-refractivity contribution >= 4 is 34.4 Å². The highest BCUT2D eigenvalue weighted by Crippen LogP contribution is 2.15. The maximum atomic E-state index is 10.5. The Labute approximate surface area is 76.6 Å². The average molecular weight is 264 g/mol. The number of aromatic nitrogens is 1. The molecule has 5 heteroatoms. The minimum atomic E-state index is -1.04. The first-order chi connectivity index (χ1) is 5.13. The van der Waals surface area contributed by atoms with E-state index >= 15 is 0 Å². The summed E-state index contributed by atoms with van der Waals surface area (Å²) in [6, 6.07) is 1.60. The van der Waals surface area contributed by atoms with Crippen LogP contribution in [0.2, 0.25) is 0 Å². The molecule has 1 heterocycles. The lowest BCUT2D eigenvalue weighted by atomic mass is 10.3. The SMILES string of the molecule is Nc1nccc(I)c1C(=O)O. The first-order valence-electron chi connectivity index (χ1n) is 2.76. The van der Waals surface area contributed by atoms with Crippen LogP contribution in [-0.2, 0) is 0 Å². The standard InChI is InChI=1S/C6H5IN2O2/c7-3-1-2-9-5(8)4(3)6(10)11/h1-2H,(H2,8,9)(H,10,11). The summed E-state index contributed by atoms with van der Waals surface area (Å²) in [5.41, 5.74) is 5.40. The smallest absolute Gasteiger partial charge is 0.340 e. The van der Waals surface area contributed by atoms with Gasteiger partial charge in [0.2, 0.25) is 0 Å². The summed E-state index contributed by atoms with van der Waals surface area (Å²) in [5, 5.41) is 8.62. The van der Waals surface area contributed by atoms with Crippen LogP contribution in [-0.4, -0.2) is 16.1 Å². The molecule has 0 bridgehead atoms. The fraction of sp³-hybridized carbons (Fsp3) is 0. The van der Waals surface area contributed by atoms with Crippen molar-refractivity contribution in [2.24, 2.45) is 0 Å². The highest BCUT2D eigenvalue weighted by molar-refractivity contribution is 14.1. The number of carboxylic acids is 1. The molecule has 0 amide bonds. The number of anilines is 1. The van der Waals surface area contributed by atoms with E-state index in [1.165, 1.54) is 6.20 Å². The quantitative estimate of drug-likeness (QED) is 0.741. The van der Waals surface area contributed by atoms with E-state index in [-0.39, 0.29) is 11.4 Å². The normalized spacial score (nSPS) is 9.55. The molecule has 1 aromatic heterocycles. The Bertz CT molecular complexity index is 280. The second kappa shape index (κ2) is 3.04. The third kappa shape index (κ3) is 1.59. The number of carbonyl (C=O) groups is 1. The van der Waals surface area contributed by atoms with Gasteiger partial charge in [-0.3, -0.25) is 0 Å². The molecule has 0 fully saturated rings. The van der Waals surface area contributed by atoms with Gasteiger partial charge < -0.3 is 10.8 Å². The summed E-state index contributed by atoms with van der Waals surface area (Å²) in [6.45, 7) is 0. The number of halogens is 1. The van der Waals surface area contributed by atoms with Gasteiger partial charge in [-0.25, -0.2) is 9.78 Å². The van der Waals surface area contributed by atoms with Crippen molar-refractivity contribution in [3.05, 3.63) is 21.4 Å². The highest BCUT2D eigenvalue weighted by atomic mass is 127. The zero-order valence-electron chi connectivity index (χ0n) is 5.41. The van der Waals surface area contributed by atoms with Gasteiger partial charge in [0.1, 0.15) is 11.4 Å². The Balaban J connectivity index is 3.32. The molecule has 0 saturated carbocycles. The molecule has 0 aliphatic rings. The molecule has 0 aromatic carbocycles. The summed E-state index contributed by atoms with van der Waals surface area (Å²) in [4.78, 5) is 14.2. The van der Waals surface area contributed by atoms with Gasteiger partial charge in [0.25, 0.3) is 0 Å². The largest absolute Gasteiger partial charge is 0.478 e. The van der Waals surface area contributed by atoms with Gasteiger partial charge in [0.05, 0.1) is 0 Å². The summed E-state index contributed by atoms with van der Waals surface area (Å²) in [5.74, 6) is -0.982. The molecule has 0 aliphatic carbocycles. The van der Waals surface area contributed by atoms with Gasteiger partial charge in [-0.2, -0.15) is 0 Å². The van der Waals surface area contributed by atoms with E-state index in [2.05, 4.69) is 4.98 Å². The Hall–Kier alpha value is -0.850. The second-order valence-corrected chi connectivity index (χ2v) is 3.02. The predicted molar refractivity (Wildman–Crippen MR) is 48.3 cm³/mol. The fourth-order valence-electron chi connectivity index (χ4n) is 0.665. The van der Waals surface area contributed by atoms with Gasteiger partial charge in [0.15, 0.2) is 0 Å². The number of nitrogens with two attached hydrogens (primary N) is 1. The van der Waals surface area contributed by atoms with Crippen molar-refractivity contribution in [3.8, 4) is 0 Å². The lowest BCUT2D eigenvalue weighted by Gasteiger charge is -1.99. The summed E-state index contributed by atoms with van der Waals surface area (Å²) < 4.78 is 0.600. The number of hydrogen-bond acceptors (Lipinski definition) is 3. The van der Waals surface area contributed by atoms with Gasteiger partial charge >= 0.3 is 5.97 Å². The number of pyridine rings is 1. The number of rotatable bonds is 1. The summed E-state index contributed by atoms with van der Waals surface area (Å²) in [6.07, 6.45) is 1.48. The lowest BCUT2D eigenvalue weighted by Crippen LogP contribution is -2.06. The van der Waals surface area contributed by atoms with Crippen LogP contribution in [0.4, 0.5) is 5.82 Å². The Morgan fingerprint density at radius 1 is 1.73 bits per heavy atom. The van der Waals surface area contributed by atoms with Gasteiger partial charge in [0, 0.05) is 9.77 Å². The first-order valence-corrected chi connectivity index (χ1v) is 3.84. The van der Waals surface area contributed by atoms with Crippen molar-refractivity contribution in [2.75, 3.05) is 5.73 Å². The first kappa shape index (κ1) is 8.25. The molecule has 1 rings (SSSR count). The lowest BCUT2D eigenvalue weighted by molar-refractivity contribution is 0.0696. The monoisotopic (exact) mass is 264 g/mol. The van der Waals surface area contributed by atoms with Crippen molar-refractivity contribution in [3.63, 3.8) is 0 Å². The van der Waals surface area contributed by atoms with Crippen LogP contribution in [0.1, 0.15) is 10.4 Å². The van der Waals surface area contributed by atoms with Crippen molar-refractivity contribution in [1.82, 2.24) is 4.98 Å². The third-order valence-electron chi connectivity index (χ3n) is 1.14. The minimum absolute atomic E-state index is 0.0596. The molecule has 0 atom stereocenters. The van der Waals surface area contributed by atoms with Gasteiger partial charge in [-0.05, 0) is 28.7 Å². The van der Waals surface area contributed by atoms with E-state index in [0.29, 0.717) is 3.57 Å². The van der Waals surface area contributed by atoms with Crippen LogP contribution in [0.3, 0.4) is 0 Å². The zero-order chi connectivity index (χ0) is 8.43. The maximum absolute atomic E-state index is 10.5. The summed E-state index contributed by atoms with van der Waals surface area (Å²) >= 11 is 1.90. The Morgan fingerprint density at radius 2 is 2.36 bits per heavy atom. The van der Waals surface area contributed by atoms with Crippen LogP contribution < -0.4 is 5.73 Å². The van der Waals surface area contributed by atoms with Crippen LogP contribution in [0.5, 0.6) is 0 Å². The number of hydrogen-bond donors (Lipinski definition) is 2. The fourth-order valence-corrected chi connectivity index (χ4v) is 1.33. The van der Waals surface area contributed by atoms with Crippen LogP contribution in [0, 0.1) is 3.57 Å². The van der Waals surface area contributed by atoms with E-state index in [4.69, 9.17) is 10.8 Å². The molecule has 0 unspecified atom stereocenters. The Morgan fingerprint density at radius 3 is 2.73 bits per heavy atom. The van der Waals surface area contributed by atoms with Gasteiger partial charge in [-0.15, -0.1) is 0 Å². The number of carboxylic acid groups (broad SMARTS) is 1. The highest BCUT2D eigenvalue weighted by Gasteiger charge is 2.11. The molecule has 0 aliphatic heterocycles. The third-order valence-corrected chi connectivity index (χ3v) is 2.04. The molecule has 11 heavy (non-hydrogen) atoms. The molecular weight excluding hydrogens is 259 g/mol. The Kier molecular flexibility index (Phi) is 2.28. The van der Waals surface area contributed by atoms with Crippen molar-refractivity contribution < 1.29 is 9.90 Å². The molecule has 0 saturated heterocycles. The zero-order valence-corrected chi connectivity index (χ0v) is 7.57. The number of aromatic carboxylic acids is 1. The number of nitrogen functional groups attached to an aromatic ring is 1. The van der Waals surface area contributed by atoms with Crippen LogP contribution in [0.25, 0.3) is 0 Å².